The van der Waals surface area contributed by atoms with Crippen molar-refractivity contribution in [2.45, 2.75) is 40.3 Å². The van der Waals surface area contributed by atoms with E-state index in [-0.39, 0.29) is 18.3 Å². The van der Waals surface area contributed by atoms with E-state index in [0.717, 1.165) is 27.8 Å². The molecule has 0 spiro atoms. The SMILES string of the molecule is COC(=O)C(C)NC(=O)C(C)=Cc1cc(C)c(-c2ccc(OCc3ccco3)c(O)c2)cc1C. The molecular weight excluding hydrogens is 434 g/mol. The standard InChI is InChI=1S/C27H29NO6/c1-16-13-23(20-8-9-25(24(29)14-20)34-15-22-7-6-10-33-22)17(2)11-21(16)12-18(3)26(30)28-19(4)27(31)32-5/h6-14,19,29H,15H2,1-5H3,(H,28,30). The van der Waals surface area contributed by atoms with Crippen molar-refractivity contribution in [2.75, 3.05) is 7.11 Å². The number of esters is 1. The summed E-state index contributed by atoms with van der Waals surface area (Å²) in [6.07, 6.45) is 3.36. The van der Waals surface area contributed by atoms with Crippen LogP contribution < -0.4 is 10.1 Å². The fourth-order valence-electron chi connectivity index (χ4n) is 3.50. The summed E-state index contributed by atoms with van der Waals surface area (Å²) in [5.74, 6) is 0.240. The average molecular weight is 464 g/mol. The van der Waals surface area contributed by atoms with Crippen LogP contribution in [0.1, 0.15) is 36.3 Å². The van der Waals surface area contributed by atoms with Gasteiger partial charge in [0.25, 0.3) is 0 Å². The van der Waals surface area contributed by atoms with Crippen molar-refractivity contribution in [1.29, 1.82) is 0 Å². The van der Waals surface area contributed by atoms with E-state index in [0.29, 0.717) is 17.1 Å². The first-order chi connectivity index (χ1) is 16.2. The average Bonchev–Trinajstić information content (AvgIpc) is 3.33. The number of amides is 1. The van der Waals surface area contributed by atoms with Crippen LogP contribution in [0, 0.1) is 13.8 Å². The van der Waals surface area contributed by atoms with Gasteiger partial charge in [-0.15, -0.1) is 0 Å². The Morgan fingerprint density at radius 2 is 1.91 bits per heavy atom. The third-order valence-corrected chi connectivity index (χ3v) is 5.47. The lowest BCUT2D eigenvalue weighted by Gasteiger charge is -2.14. The van der Waals surface area contributed by atoms with E-state index in [1.807, 2.05) is 32.0 Å². The summed E-state index contributed by atoms with van der Waals surface area (Å²) in [4.78, 5) is 24.0. The number of benzene rings is 2. The Morgan fingerprint density at radius 1 is 1.15 bits per heavy atom. The van der Waals surface area contributed by atoms with Crippen LogP contribution in [-0.4, -0.2) is 30.1 Å². The van der Waals surface area contributed by atoms with Crippen molar-refractivity contribution in [3.8, 4) is 22.6 Å². The molecule has 0 aliphatic carbocycles. The maximum Gasteiger partial charge on any atom is 0.328 e. The Bertz CT molecular complexity index is 1210. The molecule has 3 rings (SSSR count). The number of methoxy groups -OCH3 is 1. The van der Waals surface area contributed by atoms with Crippen LogP contribution >= 0.6 is 0 Å². The largest absolute Gasteiger partial charge is 0.504 e. The third kappa shape index (κ3) is 5.86. The van der Waals surface area contributed by atoms with Gasteiger partial charge in [0.2, 0.25) is 5.91 Å². The van der Waals surface area contributed by atoms with E-state index < -0.39 is 12.0 Å². The van der Waals surface area contributed by atoms with Crippen LogP contribution in [-0.2, 0) is 20.9 Å². The molecule has 7 heteroatoms. The van der Waals surface area contributed by atoms with E-state index in [2.05, 4.69) is 10.1 Å². The molecule has 0 saturated carbocycles. The number of phenols is 1. The lowest BCUT2D eigenvalue weighted by atomic mass is 9.94. The van der Waals surface area contributed by atoms with Crippen molar-refractivity contribution < 1.29 is 28.6 Å². The van der Waals surface area contributed by atoms with E-state index in [4.69, 9.17) is 9.15 Å². The van der Waals surface area contributed by atoms with Crippen molar-refractivity contribution in [2.24, 2.45) is 0 Å². The molecule has 0 bridgehead atoms. The van der Waals surface area contributed by atoms with Gasteiger partial charge in [-0.05, 0) is 85.9 Å². The van der Waals surface area contributed by atoms with Gasteiger partial charge in [0.05, 0.1) is 13.4 Å². The lowest BCUT2D eigenvalue weighted by Crippen LogP contribution is -2.39. The van der Waals surface area contributed by atoms with Gasteiger partial charge < -0.3 is 24.3 Å². The monoisotopic (exact) mass is 463 g/mol. The summed E-state index contributed by atoms with van der Waals surface area (Å²) < 4.78 is 15.5. The van der Waals surface area contributed by atoms with E-state index in [9.17, 15) is 14.7 Å². The first-order valence-corrected chi connectivity index (χ1v) is 10.9. The Labute approximate surface area is 199 Å². The first kappa shape index (κ1) is 24.6. The number of furan rings is 1. The number of aryl methyl sites for hydroxylation is 2. The summed E-state index contributed by atoms with van der Waals surface area (Å²) >= 11 is 0. The molecule has 3 aromatic rings. The van der Waals surface area contributed by atoms with E-state index in [1.165, 1.54) is 7.11 Å². The lowest BCUT2D eigenvalue weighted by molar-refractivity contribution is -0.144. The maximum absolute atomic E-state index is 12.4. The summed E-state index contributed by atoms with van der Waals surface area (Å²) in [6.45, 7) is 7.42. The highest BCUT2D eigenvalue weighted by atomic mass is 16.5. The van der Waals surface area contributed by atoms with E-state index >= 15 is 0 Å². The molecular formula is C27H29NO6. The molecule has 1 amide bonds. The number of ether oxygens (including phenoxy) is 2. The Hall–Kier alpha value is -4.00. The van der Waals surface area contributed by atoms with Crippen LogP contribution in [0.25, 0.3) is 17.2 Å². The number of hydrogen-bond donors (Lipinski definition) is 2. The number of aromatic hydroxyl groups is 1. The van der Waals surface area contributed by atoms with Gasteiger partial charge in [-0.2, -0.15) is 0 Å². The zero-order chi connectivity index (χ0) is 24.8. The summed E-state index contributed by atoms with van der Waals surface area (Å²) in [6, 6.07) is 12.1. The van der Waals surface area contributed by atoms with Crippen LogP contribution in [0.5, 0.6) is 11.5 Å². The molecule has 1 heterocycles. The number of phenolic OH excluding ortho intramolecular Hbond substituents is 1. The summed E-state index contributed by atoms with van der Waals surface area (Å²) in [5, 5.41) is 13.1. The molecule has 2 aromatic carbocycles. The van der Waals surface area contributed by atoms with Crippen molar-refractivity contribution >= 4 is 18.0 Å². The van der Waals surface area contributed by atoms with Gasteiger partial charge in [0.1, 0.15) is 18.4 Å². The predicted molar refractivity (Wildman–Crippen MR) is 129 cm³/mol. The van der Waals surface area contributed by atoms with Gasteiger partial charge in [-0.1, -0.05) is 18.2 Å². The zero-order valence-electron chi connectivity index (χ0n) is 20.0. The number of nitrogens with one attached hydrogen (secondary N) is 1. The Kier molecular flexibility index (Phi) is 7.79. The fraction of sp³-hybridized carbons (Fsp3) is 0.259. The first-order valence-electron chi connectivity index (χ1n) is 10.9. The third-order valence-electron chi connectivity index (χ3n) is 5.47. The second-order valence-electron chi connectivity index (χ2n) is 8.12. The van der Waals surface area contributed by atoms with Crippen LogP contribution in [0.15, 0.2) is 58.7 Å². The second-order valence-corrected chi connectivity index (χ2v) is 8.12. The van der Waals surface area contributed by atoms with Crippen molar-refractivity contribution in [1.82, 2.24) is 5.32 Å². The van der Waals surface area contributed by atoms with Crippen LogP contribution in [0.2, 0.25) is 0 Å². The maximum atomic E-state index is 12.4. The highest BCUT2D eigenvalue weighted by molar-refractivity contribution is 5.99. The molecule has 0 fully saturated rings. The van der Waals surface area contributed by atoms with Gasteiger partial charge in [-0.3, -0.25) is 4.79 Å². The molecule has 1 unspecified atom stereocenters. The number of carbonyl (C=O) groups is 2. The van der Waals surface area contributed by atoms with Gasteiger partial charge in [0, 0.05) is 5.57 Å². The Balaban J connectivity index is 1.78. The minimum absolute atomic E-state index is 0.0392. The van der Waals surface area contributed by atoms with Crippen LogP contribution in [0.4, 0.5) is 0 Å². The number of carbonyl (C=O) groups excluding carboxylic acids is 2. The van der Waals surface area contributed by atoms with Gasteiger partial charge >= 0.3 is 5.97 Å². The second kappa shape index (κ2) is 10.7. The molecule has 1 aromatic heterocycles. The zero-order valence-corrected chi connectivity index (χ0v) is 20.0. The minimum atomic E-state index is -0.732. The van der Waals surface area contributed by atoms with Crippen molar-refractivity contribution in [3.05, 3.63) is 76.8 Å². The molecule has 0 saturated heterocycles. The smallest absolute Gasteiger partial charge is 0.328 e. The molecule has 34 heavy (non-hydrogen) atoms. The molecule has 2 N–H and O–H groups in total. The molecule has 0 radical (unpaired) electrons. The number of hydrogen-bond acceptors (Lipinski definition) is 6. The predicted octanol–water partition coefficient (Wildman–Crippen LogP) is 4.93. The quantitative estimate of drug-likeness (QED) is 0.363. The van der Waals surface area contributed by atoms with E-state index in [1.54, 1.807) is 50.5 Å². The molecule has 0 aliphatic rings. The molecule has 7 nitrogen and oxygen atoms in total. The minimum Gasteiger partial charge on any atom is -0.504 e. The number of rotatable bonds is 8. The highest BCUT2D eigenvalue weighted by Crippen LogP contribution is 2.34. The molecule has 0 aliphatic heterocycles. The van der Waals surface area contributed by atoms with Gasteiger partial charge in [0.15, 0.2) is 11.5 Å². The molecule has 1 atom stereocenters. The molecule has 178 valence electrons. The topological polar surface area (TPSA) is 98.0 Å². The summed E-state index contributed by atoms with van der Waals surface area (Å²) in [5.41, 5.74) is 5.12. The van der Waals surface area contributed by atoms with Crippen LogP contribution in [0.3, 0.4) is 0 Å². The van der Waals surface area contributed by atoms with Crippen molar-refractivity contribution in [3.63, 3.8) is 0 Å². The Morgan fingerprint density at radius 3 is 2.56 bits per heavy atom. The summed E-state index contributed by atoms with van der Waals surface area (Å²) in [7, 11) is 1.28. The van der Waals surface area contributed by atoms with Gasteiger partial charge in [-0.25, -0.2) is 4.79 Å². The fourth-order valence-corrected chi connectivity index (χ4v) is 3.50. The highest BCUT2D eigenvalue weighted by Gasteiger charge is 2.17. The normalized spacial score (nSPS) is 12.2.